The van der Waals surface area contributed by atoms with Gasteiger partial charge in [-0.1, -0.05) is 77.1 Å². The molecule has 3 amide bonds. The van der Waals surface area contributed by atoms with Crippen molar-refractivity contribution in [3.8, 4) is 0 Å². The lowest BCUT2D eigenvalue weighted by Crippen LogP contribution is -2.28. The van der Waals surface area contributed by atoms with Gasteiger partial charge < -0.3 is 16.0 Å². The molecule has 0 rings (SSSR count). The van der Waals surface area contributed by atoms with Crippen LogP contribution in [0.15, 0.2) is 66.5 Å². The molecule has 0 aliphatic heterocycles. The predicted octanol–water partition coefficient (Wildman–Crippen LogP) is 5.42. The van der Waals surface area contributed by atoms with Crippen molar-refractivity contribution in [3.63, 3.8) is 0 Å². The first-order chi connectivity index (χ1) is 17.7. The zero-order valence-corrected chi connectivity index (χ0v) is 23.2. The normalized spacial score (nSPS) is 11.2. The molecule has 0 aromatic carbocycles. The van der Waals surface area contributed by atoms with Crippen molar-refractivity contribution in [2.75, 3.05) is 31.1 Å². The smallest absolute Gasteiger partial charge is 0.221 e. The monoisotopic (exact) mass is 533 g/mol. The minimum atomic E-state index is -0.0687. The molecule has 8 heteroatoms. The van der Waals surface area contributed by atoms with Crippen molar-refractivity contribution < 1.29 is 14.4 Å². The van der Waals surface area contributed by atoms with Gasteiger partial charge in [0.25, 0.3) is 0 Å². The third kappa shape index (κ3) is 27.8. The number of rotatable bonds is 23. The summed E-state index contributed by atoms with van der Waals surface area (Å²) in [6, 6.07) is 0. The van der Waals surface area contributed by atoms with Crippen LogP contribution in [0.1, 0.15) is 58.3 Å². The Kier molecular flexibility index (Phi) is 26.9. The van der Waals surface area contributed by atoms with Crippen molar-refractivity contribution in [3.05, 3.63) is 66.5 Å². The van der Waals surface area contributed by atoms with E-state index in [1.807, 2.05) is 12.2 Å². The zero-order valence-electron chi connectivity index (χ0n) is 21.6. The number of hydrogen-bond acceptors (Lipinski definition) is 5. The van der Waals surface area contributed by atoms with Gasteiger partial charge in [0.05, 0.1) is 0 Å². The van der Waals surface area contributed by atoms with E-state index in [2.05, 4.69) is 77.2 Å². The van der Waals surface area contributed by atoms with E-state index < -0.39 is 0 Å². The van der Waals surface area contributed by atoms with Crippen LogP contribution in [0.2, 0.25) is 0 Å². The highest BCUT2D eigenvalue weighted by Gasteiger charge is 2.01. The summed E-state index contributed by atoms with van der Waals surface area (Å²) in [5, 5.41) is 8.16. The second-order valence-corrected chi connectivity index (χ2v) is 10.2. The molecule has 6 nitrogen and oxygen atoms in total. The Hall–Kier alpha value is -2.41. The number of hydrogen-bond donors (Lipinski definition) is 3. The van der Waals surface area contributed by atoms with Gasteiger partial charge in [-0.25, -0.2) is 0 Å². The van der Waals surface area contributed by atoms with Crippen LogP contribution in [0.25, 0.3) is 0 Å². The fourth-order valence-corrected chi connectivity index (χ4v) is 4.40. The molecule has 36 heavy (non-hydrogen) atoms. The van der Waals surface area contributed by atoms with E-state index in [1.54, 1.807) is 21.6 Å². The van der Waals surface area contributed by atoms with Crippen LogP contribution in [-0.4, -0.2) is 49.4 Å². The Bertz CT molecular complexity index is 755. The van der Waals surface area contributed by atoms with Gasteiger partial charge in [0.1, 0.15) is 0 Å². The van der Waals surface area contributed by atoms with Crippen LogP contribution in [0.4, 0.5) is 0 Å². The van der Waals surface area contributed by atoms with E-state index in [0.29, 0.717) is 45.3 Å². The number of allylic oxidation sites excluding steroid dienone is 9. The molecule has 0 saturated heterocycles. The van der Waals surface area contributed by atoms with Crippen LogP contribution in [0.5, 0.6) is 0 Å². The fourth-order valence-electron chi connectivity index (χ4n) is 2.59. The largest absolute Gasteiger partial charge is 0.358 e. The SMILES string of the molecule is CC/C=C\C/C=C\C/C=C\C/C=C\CC=C=CCCC(=O)NCCSSCCNC(=O)CCNC=O. The Morgan fingerprint density at radius 3 is 1.78 bits per heavy atom. The minimum absolute atomic E-state index is 0.0498. The Morgan fingerprint density at radius 1 is 0.694 bits per heavy atom. The molecule has 0 spiro atoms. The molecule has 0 aromatic rings. The summed E-state index contributed by atoms with van der Waals surface area (Å²) in [5.41, 5.74) is 3.13. The molecular formula is C28H43N3O3S2. The highest BCUT2D eigenvalue weighted by molar-refractivity contribution is 8.76. The van der Waals surface area contributed by atoms with Crippen LogP contribution in [0.3, 0.4) is 0 Å². The quantitative estimate of drug-likeness (QED) is 0.0537. The molecule has 0 heterocycles. The van der Waals surface area contributed by atoms with Gasteiger partial charge >= 0.3 is 0 Å². The maximum atomic E-state index is 11.8. The summed E-state index contributed by atoms with van der Waals surface area (Å²) in [5.74, 6) is 1.59. The van der Waals surface area contributed by atoms with Crippen molar-refractivity contribution in [1.82, 2.24) is 16.0 Å². The molecule has 200 valence electrons. The van der Waals surface area contributed by atoms with Crippen LogP contribution >= 0.6 is 21.6 Å². The molecule has 0 saturated carbocycles. The lowest BCUT2D eigenvalue weighted by atomic mass is 10.2. The zero-order chi connectivity index (χ0) is 26.4. The first-order valence-corrected chi connectivity index (χ1v) is 15.1. The average molecular weight is 534 g/mol. The van der Waals surface area contributed by atoms with Crippen molar-refractivity contribution >= 4 is 39.8 Å². The third-order valence-corrected chi connectivity index (χ3v) is 6.81. The van der Waals surface area contributed by atoms with E-state index in [4.69, 9.17) is 0 Å². The van der Waals surface area contributed by atoms with Gasteiger partial charge in [-0.3, -0.25) is 14.4 Å². The van der Waals surface area contributed by atoms with Gasteiger partial charge in [0.15, 0.2) is 0 Å². The molecule has 0 atom stereocenters. The lowest BCUT2D eigenvalue weighted by molar-refractivity contribution is -0.121. The van der Waals surface area contributed by atoms with Crippen molar-refractivity contribution in [2.24, 2.45) is 0 Å². The molecule has 0 unspecified atom stereocenters. The second kappa shape index (κ2) is 28.8. The second-order valence-electron chi connectivity index (χ2n) is 7.52. The number of nitrogens with one attached hydrogen (secondary N) is 3. The molecular weight excluding hydrogens is 490 g/mol. The van der Waals surface area contributed by atoms with E-state index in [-0.39, 0.29) is 11.8 Å². The summed E-state index contributed by atoms with van der Waals surface area (Å²) >= 11 is 0. The van der Waals surface area contributed by atoms with Gasteiger partial charge in [-0.15, -0.1) is 5.73 Å². The van der Waals surface area contributed by atoms with Gasteiger partial charge in [0, 0.05) is 44.0 Å². The summed E-state index contributed by atoms with van der Waals surface area (Å²) in [4.78, 5) is 33.4. The number of carbonyl (C=O) groups excluding carboxylic acids is 3. The van der Waals surface area contributed by atoms with Crippen LogP contribution < -0.4 is 16.0 Å². The van der Waals surface area contributed by atoms with Crippen molar-refractivity contribution in [2.45, 2.75) is 58.3 Å². The Morgan fingerprint density at radius 2 is 1.22 bits per heavy atom. The predicted molar refractivity (Wildman–Crippen MR) is 157 cm³/mol. The molecule has 0 radical (unpaired) electrons. The van der Waals surface area contributed by atoms with Crippen LogP contribution in [-0.2, 0) is 14.4 Å². The first-order valence-electron chi connectivity index (χ1n) is 12.6. The molecule has 0 aliphatic rings. The third-order valence-electron chi connectivity index (χ3n) is 4.40. The maximum Gasteiger partial charge on any atom is 0.221 e. The van der Waals surface area contributed by atoms with E-state index in [0.717, 1.165) is 43.6 Å². The van der Waals surface area contributed by atoms with E-state index >= 15 is 0 Å². The number of amides is 3. The van der Waals surface area contributed by atoms with Gasteiger partial charge in [0.2, 0.25) is 18.2 Å². The molecule has 0 aliphatic carbocycles. The summed E-state index contributed by atoms with van der Waals surface area (Å²) in [6.45, 7) is 3.72. The maximum absolute atomic E-state index is 11.8. The number of carbonyl (C=O) groups is 3. The molecule has 0 fully saturated rings. The summed E-state index contributed by atoms with van der Waals surface area (Å²) in [6.07, 6.45) is 28.2. The van der Waals surface area contributed by atoms with Gasteiger partial charge in [-0.05, 0) is 50.7 Å². The topological polar surface area (TPSA) is 87.3 Å². The summed E-state index contributed by atoms with van der Waals surface area (Å²) in [7, 11) is 3.33. The highest BCUT2D eigenvalue weighted by atomic mass is 33.1. The van der Waals surface area contributed by atoms with Gasteiger partial charge in [-0.2, -0.15) is 0 Å². The average Bonchev–Trinajstić information content (AvgIpc) is 2.87. The van der Waals surface area contributed by atoms with E-state index in [9.17, 15) is 14.4 Å². The molecule has 3 N–H and O–H groups in total. The highest BCUT2D eigenvalue weighted by Crippen LogP contribution is 2.19. The first kappa shape index (κ1) is 33.6. The molecule has 0 bridgehead atoms. The summed E-state index contributed by atoms with van der Waals surface area (Å²) < 4.78 is 0. The molecule has 0 aromatic heterocycles. The Balaban J connectivity index is 3.56. The lowest BCUT2D eigenvalue weighted by Gasteiger charge is -2.05. The standard InChI is InChI=1S/C28H43N3O3S2/c1-2-3-4-5-6-7-8-9-10-11-12-13-14-15-16-17-18-19-27(33)30-22-24-35-36-25-23-31-28(34)20-21-29-26-32/h3-4,6-7,9-10,12-13,15,17,26H,2,5,8,11,14,18-25H2,1H3,(H,29,32)(H,30,33)(H,31,34)/b4-3-,7-6-,10-9-,13-12-. The van der Waals surface area contributed by atoms with E-state index in [1.165, 1.54) is 0 Å². The van der Waals surface area contributed by atoms with Crippen molar-refractivity contribution in [1.29, 1.82) is 0 Å². The fraction of sp³-hybridized carbons (Fsp3) is 0.500. The minimum Gasteiger partial charge on any atom is -0.358 e. The van der Waals surface area contributed by atoms with Crippen LogP contribution in [0, 0.1) is 0 Å². The Labute approximate surface area is 225 Å².